The lowest BCUT2D eigenvalue weighted by molar-refractivity contribution is 0.0692. The van der Waals surface area contributed by atoms with Gasteiger partial charge in [0.2, 0.25) is 0 Å². The van der Waals surface area contributed by atoms with Crippen LogP contribution in [0.5, 0.6) is 0 Å². The van der Waals surface area contributed by atoms with E-state index < -0.39 is 5.97 Å². The molecular formula is C12H17N3O3. The lowest BCUT2D eigenvalue weighted by Gasteiger charge is -2.12. The minimum atomic E-state index is -1.08. The second-order valence-electron chi connectivity index (χ2n) is 4.63. The van der Waals surface area contributed by atoms with E-state index in [1.807, 2.05) is 0 Å². The summed E-state index contributed by atoms with van der Waals surface area (Å²) in [5, 5.41) is 14.4. The fraction of sp³-hybridized carbons (Fsp3) is 0.500. The van der Waals surface area contributed by atoms with Crippen molar-refractivity contribution in [1.82, 2.24) is 10.3 Å². The van der Waals surface area contributed by atoms with Crippen molar-refractivity contribution in [3.8, 4) is 0 Å². The molecule has 0 aromatic carbocycles. The van der Waals surface area contributed by atoms with Crippen LogP contribution in [0.2, 0.25) is 0 Å². The molecule has 0 bridgehead atoms. The van der Waals surface area contributed by atoms with Gasteiger partial charge < -0.3 is 20.7 Å². The van der Waals surface area contributed by atoms with Gasteiger partial charge in [0, 0.05) is 11.7 Å². The second-order valence-corrected chi connectivity index (χ2v) is 4.63. The Morgan fingerprint density at radius 2 is 2.06 bits per heavy atom. The van der Waals surface area contributed by atoms with Crippen LogP contribution in [-0.2, 0) is 0 Å². The van der Waals surface area contributed by atoms with E-state index in [0.717, 1.165) is 25.7 Å². The highest BCUT2D eigenvalue weighted by molar-refractivity contribution is 5.99. The Balaban J connectivity index is 1.99. The molecule has 1 aliphatic carbocycles. The van der Waals surface area contributed by atoms with Gasteiger partial charge in [0.25, 0.3) is 0 Å². The number of rotatable bonds is 3. The summed E-state index contributed by atoms with van der Waals surface area (Å²) in [6.45, 7) is 1.74. The molecule has 0 unspecified atom stereocenters. The fourth-order valence-corrected chi connectivity index (χ4v) is 2.27. The molecule has 6 heteroatoms. The zero-order chi connectivity index (χ0) is 13.1. The number of aromatic carboxylic acids is 1. The number of carbonyl (C=O) groups excluding carboxylic acids is 1. The molecule has 1 aromatic heterocycles. The van der Waals surface area contributed by atoms with Crippen molar-refractivity contribution in [1.29, 1.82) is 0 Å². The number of nitrogens with one attached hydrogen (secondary N) is 3. The lowest BCUT2D eigenvalue weighted by atomic mass is 10.2. The van der Waals surface area contributed by atoms with Crippen molar-refractivity contribution in [2.75, 3.05) is 5.32 Å². The Bertz CT molecular complexity index is 461. The maximum Gasteiger partial charge on any atom is 0.354 e. The minimum absolute atomic E-state index is 0.00840. The average molecular weight is 251 g/mol. The first-order valence-electron chi connectivity index (χ1n) is 6.06. The Hall–Kier alpha value is -1.98. The van der Waals surface area contributed by atoms with Gasteiger partial charge in [-0.3, -0.25) is 0 Å². The summed E-state index contributed by atoms with van der Waals surface area (Å²) in [7, 11) is 0. The highest BCUT2D eigenvalue weighted by Gasteiger charge is 2.19. The summed E-state index contributed by atoms with van der Waals surface area (Å²) in [6.07, 6.45) is 4.25. The molecule has 1 aliphatic rings. The second kappa shape index (κ2) is 5.12. The summed E-state index contributed by atoms with van der Waals surface area (Å²) in [6, 6.07) is 1.47. The normalized spacial score (nSPS) is 15.6. The number of H-pyrrole nitrogens is 1. The number of aryl methyl sites for hydroxylation is 1. The van der Waals surface area contributed by atoms with Crippen LogP contribution in [0.4, 0.5) is 10.5 Å². The molecule has 0 spiro atoms. The number of hydrogen-bond acceptors (Lipinski definition) is 2. The molecule has 18 heavy (non-hydrogen) atoms. The number of amides is 2. The standard InChI is InChI=1S/C12H17N3O3/c1-7-6-9(10(13-7)11(16)17)15-12(18)14-8-4-2-3-5-8/h6,8,13H,2-5H2,1H3,(H,16,17)(H2,14,15,18). The summed E-state index contributed by atoms with van der Waals surface area (Å²) in [5.41, 5.74) is 1.01. The first kappa shape index (κ1) is 12.5. The van der Waals surface area contributed by atoms with Crippen LogP contribution in [0, 0.1) is 6.92 Å². The van der Waals surface area contributed by atoms with Crippen LogP contribution in [0.1, 0.15) is 41.9 Å². The summed E-state index contributed by atoms with van der Waals surface area (Å²) in [4.78, 5) is 25.4. The molecule has 2 rings (SSSR count). The molecule has 1 heterocycles. The Morgan fingerprint density at radius 3 is 2.67 bits per heavy atom. The molecule has 0 atom stereocenters. The number of hydrogen-bond donors (Lipinski definition) is 4. The van der Waals surface area contributed by atoms with E-state index >= 15 is 0 Å². The summed E-state index contributed by atoms with van der Waals surface area (Å²) in [5.74, 6) is -1.08. The van der Waals surface area contributed by atoms with Crippen molar-refractivity contribution in [3.63, 3.8) is 0 Å². The number of carboxylic acids is 1. The molecule has 98 valence electrons. The molecule has 4 N–H and O–H groups in total. The van der Waals surface area contributed by atoms with Crippen molar-refractivity contribution in [2.45, 2.75) is 38.6 Å². The van der Waals surface area contributed by atoms with Crippen LogP contribution >= 0.6 is 0 Å². The first-order valence-corrected chi connectivity index (χ1v) is 6.06. The zero-order valence-electron chi connectivity index (χ0n) is 10.2. The highest BCUT2D eigenvalue weighted by atomic mass is 16.4. The number of aromatic nitrogens is 1. The average Bonchev–Trinajstić information content (AvgIpc) is 2.88. The number of carboxylic acid groups (broad SMARTS) is 1. The van der Waals surface area contributed by atoms with Gasteiger partial charge in [-0.1, -0.05) is 12.8 Å². The van der Waals surface area contributed by atoms with Gasteiger partial charge in [-0.2, -0.15) is 0 Å². The van der Waals surface area contributed by atoms with Gasteiger partial charge in [-0.25, -0.2) is 9.59 Å². The maximum absolute atomic E-state index is 11.7. The quantitative estimate of drug-likeness (QED) is 0.662. The van der Waals surface area contributed by atoms with Gasteiger partial charge in [0.1, 0.15) is 5.69 Å². The predicted molar refractivity (Wildman–Crippen MR) is 66.9 cm³/mol. The maximum atomic E-state index is 11.7. The van der Waals surface area contributed by atoms with Gasteiger partial charge in [0.05, 0.1) is 5.69 Å². The van der Waals surface area contributed by atoms with Crippen molar-refractivity contribution >= 4 is 17.7 Å². The molecule has 1 aromatic rings. The lowest BCUT2D eigenvalue weighted by Crippen LogP contribution is -2.36. The van der Waals surface area contributed by atoms with Gasteiger partial charge in [-0.15, -0.1) is 0 Å². The summed E-state index contributed by atoms with van der Waals surface area (Å²) < 4.78 is 0. The van der Waals surface area contributed by atoms with Crippen LogP contribution < -0.4 is 10.6 Å². The van der Waals surface area contributed by atoms with E-state index in [0.29, 0.717) is 11.4 Å². The van der Waals surface area contributed by atoms with E-state index in [-0.39, 0.29) is 17.8 Å². The smallest absolute Gasteiger partial charge is 0.354 e. The van der Waals surface area contributed by atoms with E-state index in [2.05, 4.69) is 15.6 Å². The molecule has 6 nitrogen and oxygen atoms in total. The third kappa shape index (κ3) is 2.82. The molecular weight excluding hydrogens is 234 g/mol. The van der Waals surface area contributed by atoms with E-state index in [4.69, 9.17) is 5.11 Å². The molecule has 0 aliphatic heterocycles. The van der Waals surface area contributed by atoms with E-state index in [1.54, 1.807) is 13.0 Å². The molecule has 0 radical (unpaired) electrons. The van der Waals surface area contributed by atoms with Gasteiger partial charge in [0.15, 0.2) is 0 Å². The zero-order valence-corrected chi connectivity index (χ0v) is 10.2. The van der Waals surface area contributed by atoms with Crippen molar-refractivity contribution in [2.24, 2.45) is 0 Å². The number of carbonyl (C=O) groups is 2. The molecule has 1 fully saturated rings. The third-order valence-corrected chi connectivity index (χ3v) is 3.10. The Labute approximate surface area is 105 Å². The van der Waals surface area contributed by atoms with Crippen LogP contribution in [0.15, 0.2) is 6.07 Å². The largest absolute Gasteiger partial charge is 0.477 e. The predicted octanol–water partition coefficient (Wildman–Crippen LogP) is 2.09. The summed E-state index contributed by atoms with van der Waals surface area (Å²) >= 11 is 0. The van der Waals surface area contributed by atoms with Gasteiger partial charge >= 0.3 is 12.0 Å². The van der Waals surface area contributed by atoms with Crippen molar-refractivity contribution < 1.29 is 14.7 Å². The molecule has 1 saturated carbocycles. The minimum Gasteiger partial charge on any atom is -0.477 e. The van der Waals surface area contributed by atoms with Crippen molar-refractivity contribution in [3.05, 3.63) is 17.5 Å². The van der Waals surface area contributed by atoms with E-state index in [1.165, 1.54) is 0 Å². The van der Waals surface area contributed by atoms with Gasteiger partial charge in [-0.05, 0) is 25.8 Å². The molecule has 2 amide bonds. The monoisotopic (exact) mass is 251 g/mol. The fourth-order valence-electron chi connectivity index (χ4n) is 2.27. The number of anilines is 1. The first-order chi connectivity index (χ1) is 8.56. The van der Waals surface area contributed by atoms with Crippen LogP contribution in [0.25, 0.3) is 0 Å². The molecule has 0 saturated heterocycles. The van der Waals surface area contributed by atoms with Crippen LogP contribution in [-0.4, -0.2) is 28.1 Å². The SMILES string of the molecule is Cc1cc(NC(=O)NC2CCCC2)c(C(=O)O)[nH]1. The van der Waals surface area contributed by atoms with Crippen LogP contribution in [0.3, 0.4) is 0 Å². The topological polar surface area (TPSA) is 94.2 Å². The highest BCUT2D eigenvalue weighted by Crippen LogP contribution is 2.19. The Morgan fingerprint density at radius 1 is 1.39 bits per heavy atom. The Kier molecular flexibility index (Phi) is 3.55. The van der Waals surface area contributed by atoms with E-state index in [9.17, 15) is 9.59 Å². The number of aromatic amines is 1. The number of urea groups is 1. The third-order valence-electron chi connectivity index (χ3n) is 3.10.